The third kappa shape index (κ3) is 2.89. The summed E-state index contributed by atoms with van der Waals surface area (Å²) < 4.78 is 4.75. The fraction of sp³-hybridized carbons (Fsp3) is 0.0833. The number of carbonyl (C=O) groups is 2. The SMILES string of the molecule is CC(=O)N(C(=O)Nc1ccno1)c1cccc(N)c1. The predicted octanol–water partition coefficient (Wildman–Crippen LogP) is 1.84. The van der Waals surface area contributed by atoms with Crippen LogP contribution in [0.3, 0.4) is 0 Å². The molecular weight excluding hydrogens is 248 g/mol. The highest BCUT2D eigenvalue weighted by Crippen LogP contribution is 2.19. The molecular formula is C12H12N4O3. The lowest BCUT2D eigenvalue weighted by molar-refractivity contribution is -0.115. The third-order valence-electron chi connectivity index (χ3n) is 2.31. The molecule has 0 aliphatic rings. The summed E-state index contributed by atoms with van der Waals surface area (Å²) in [6.07, 6.45) is 1.38. The molecule has 0 fully saturated rings. The maximum Gasteiger partial charge on any atom is 0.335 e. The first kappa shape index (κ1) is 12.6. The fourth-order valence-electron chi connectivity index (χ4n) is 1.55. The van der Waals surface area contributed by atoms with Crippen LogP contribution in [0.15, 0.2) is 41.1 Å². The summed E-state index contributed by atoms with van der Waals surface area (Å²) in [6, 6.07) is 7.28. The van der Waals surface area contributed by atoms with Gasteiger partial charge in [0.25, 0.3) is 0 Å². The lowest BCUT2D eigenvalue weighted by Gasteiger charge is -2.19. The van der Waals surface area contributed by atoms with Crippen LogP contribution in [-0.2, 0) is 4.79 Å². The quantitative estimate of drug-likeness (QED) is 0.802. The average molecular weight is 260 g/mol. The van der Waals surface area contributed by atoms with Crippen LogP contribution in [0.4, 0.5) is 22.1 Å². The summed E-state index contributed by atoms with van der Waals surface area (Å²) >= 11 is 0. The molecule has 2 aromatic rings. The third-order valence-corrected chi connectivity index (χ3v) is 2.31. The van der Waals surface area contributed by atoms with E-state index in [2.05, 4.69) is 10.5 Å². The van der Waals surface area contributed by atoms with Gasteiger partial charge in [0.15, 0.2) is 0 Å². The molecule has 98 valence electrons. The number of hydrogen-bond donors (Lipinski definition) is 2. The second-order valence-corrected chi connectivity index (χ2v) is 3.76. The van der Waals surface area contributed by atoms with Crippen LogP contribution in [0.25, 0.3) is 0 Å². The van der Waals surface area contributed by atoms with Crippen molar-refractivity contribution in [1.29, 1.82) is 0 Å². The highest BCUT2D eigenvalue weighted by Gasteiger charge is 2.21. The normalized spacial score (nSPS) is 9.95. The zero-order valence-electron chi connectivity index (χ0n) is 10.2. The first-order chi connectivity index (χ1) is 9.08. The maximum atomic E-state index is 12.0. The molecule has 0 aliphatic carbocycles. The lowest BCUT2D eigenvalue weighted by Crippen LogP contribution is -2.38. The van der Waals surface area contributed by atoms with Gasteiger partial charge in [0.05, 0.1) is 11.9 Å². The number of carbonyl (C=O) groups excluding carboxylic acids is 2. The largest absolute Gasteiger partial charge is 0.399 e. The van der Waals surface area contributed by atoms with Gasteiger partial charge >= 0.3 is 6.03 Å². The van der Waals surface area contributed by atoms with Gasteiger partial charge in [-0.2, -0.15) is 0 Å². The molecule has 0 atom stereocenters. The van der Waals surface area contributed by atoms with E-state index >= 15 is 0 Å². The van der Waals surface area contributed by atoms with Crippen molar-refractivity contribution in [2.75, 3.05) is 16.0 Å². The van der Waals surface area contributed by atoms with Gasteiger partial charge in [0, 0.05) is 18.7 Å². The number of nitrogens with zero attached hydrogens (tertiary/aromatic N) is 2. The highest BCUT2D eigenvalue weighted by atomic mass is 16.5. The van der Waals surface area contributed by atoms with Crippen LogP contribution in [0, 0.1) is 0 Å². The molecule has 0 bridgehead atoms. The van der Waals surface area contributed by atoms with Crippen LogP contribution in [0.2, 0.25) is 0 Å². The second-order valence-electron chi connectivity index (χ2n) is 3.76. The van der Waals surface area contributed by atoms with Crippen molar-refractivity contribution in [3.8, 4) is 0 Å². The van der Waals surface area contributed by atoms with E-state index in [4.69, 9.17) is 10.3 Å². The minimum absolute atomic E-state index is 0.153. The number of aromatic nitrogens is 1. The van der Waals surface area contributed by atoms with Crippen molar-refractivity contribution in [2.24, 2.45) is 0 Å². The van der Waals surface area contributed by atoms with Gasteiger partial charge in [-0.05, 0) is 18.2 Å². The number of nitrogen functional groups attached to an aromatic ring is 1. The van der Waals surface area contributed by atoms with Crippen molar-refractivity contribution in [1.82, 2.24) is 5.16 Å². The summed E-state index contributed by atoms with van der Waals surface area (Å²) in [6.45, 7) is 1.28. The number of imide groups is 1. The molecule has 1 aromatic carbocycles. The Morgan fingerprint density at radius 3 is 2.74 bits per heavy atom. The number of rotatable bonds is 2. The van der Waals surface area contributed by atoms with Gasteiger partial charge in [-0.15, -0.1) is 0 Å². The summed E-state index contributed by atoms with van der Waals surface area (Å²) in [7, 11) is 0. The molecule has 0 radical (unpaired) electrons. The van der Waals surface area contributed by atoms with Crippen LogP contribution < -0.4 is 16.0 Å². The molecule has 0 saturated heterocycles. The Kier molecular flexibility index (Phi) is 3.46. The summed E-state index contributed by atoms with van der Waals surface area (Å²) in [5, 5.41) is 5.87. The van der Waals surface area contributed by atoms with Gasteiger partial charge in [0.2, 0.25) is 11.8 Å². The molecule has 0 spiro atoms. The number of anilines is 3. The van der Waals surface area contributed by atoms with E-state index in [-0.39, 0.29) is 5.88 Å². The Morgan fingerprint density at radius 1 is 1.37 bits per heavy atom. The van der Waals surface area contributed by atoms with E-state index in [1.165, 1.54) is 25.3 Å². The first-order valence-corrected chi connectivity index (χ1v) is 5.46. The molecule has 19 heavy (non-hydrogen) atoms. The van der Waals surface area contributed by atoms with Crippen molar-refractivity contribution in [3.05, 3.63) is 36.5 Å². The number of nitrogens with one attached hydrogen (secondary N) is 1. The second kappa shape index (κ2) is 5.21. The molecule has 3 N–H and O–H groups in total. The standard InChI is InChI=1S/C12H12N4O3/c1-8(17)16(10-4-2-3-9(13)7-10)12(18)15-11-5-6-14-19-11/h2-7H,13H2,1H3,(H,15,18). The molecule has 7 nitrogen and oxygen atoms in total. The number of nitrogens with two attached hydrogens (primary N) is 1. The van der Waals surface area contributed by atoms with Crippen molar-refractivity contribution in [3.63, 3.8) is 0 Å². The van der Waals surface area contributed by atoms with E-state index in [1.807, 2.05) is 0 Å². The van der Waals surface area contributed by atoms with Gasteiger partial charge in [-0.1, -0.05) is 11.2 Å². The van der Waals surface area contributed by atoms with Gasteiger partial charge in [-0.3, -0.25) is 10.1 Å². The topological polar surface area (TPSA) is 101 Å². The Labute approximate surface area is 109 Å². The van der Waals surface area contributed by atoms with Crippen LogP contribution in [-0.4, -0.2) is 17.1 Å². The molecule has 3 amide bonds. The zero-order chi connectivity index (χ0) is 13.8. The van der Waals surface area contributed by atoms with Crippen molar-refractivity contribution >= 4 is 29.2 Å². The van der Waals surface area contributed by atoms with E-state index in [0.717, 1.165) is 4.90 Å². The minimum Gasteiger partial charge on any atom is -0.399 e. The number of amides is 3. The van der Waals surface area contributed by atoms with E-state index < -0.39 is 11.9 Å². The molecule has 1 aromatic heterocycles. The van der Waals surface area contributed by atoms with E-state index in [0.29, 0.717) is 11.4 Å². The van der Waals surface area contributed by atoms with Crippen LogP contribution in [0.5, 0.6) is 0 Å². The molecule has 2 rings (SSSR count). The minimum atomic E-state index is -0.644. The lowest BCUT2D eigenvalue weighted by atomic mass is 10.2. The van der Waals surface area contributed by atoms with Crippen LogP contribution in [0.1, 0.15) is 6.92 Å². The molecule has 7 heteroatoms. The fourth-order valence-corrected chi connectivity index (χ4v) is 1.55. The van der Waals surface area contributed by atoms with E-state index in [9.17, 15) is 9.59 Å². The number of benzene rings is 1. The van der Waals surface area contributed by atoms with Gasteiger partial charge < -0.3 is 10.3 Å². The van der Waals surface area contributed by atoms with Gasteiger partial charge in [-0.25, -0.2) is 9.69 Å². The summed E-state index contributed by atoms with van der Waals surface area (Å²) in [5.74, 6) is -0.289. The smallest absolute Gasteiger partial charge is 0.335 e. The number of urea groups is 1. The molecule has 0 aliphatic heterocycles. The Morgan fingerprint density at radius 2 is 2.16 bits per heavy atom. The molecule has 0 unspecified atom stereocenters. The van der Waals surface area contributed by atoms with Crippen LogP contribution >= 0.6 is 0 Å². The van der Waals surface area contributed by atoms with E-state index in [1.54, 1.807) is 18.2 Å². The first-order valence-electron chi connectivity index (χ1n) is 5.46. The maximum absolute atomic E-state index is 12.0. The zero-order valence-corrected chi connectivity index (χ0v) is 10.2. The summed E-state index contributed by atoms with van der Waals surface area (Å²) in [4.78, 5) is 24.6. The van der Waals surface area contributed by atoms with Gasteiger partial charge in [0.1, 0.15) is 0 Å². The highest BCUT2D eigenvalue weighted by molar-refractivity contribution is 6.17. The predicted molar refractivity (Wildman–Crippen MR) is 69.5 cm³/mol. The molecule has 0 saturated carbocycles. The Bertz CT molecular complexity index is 595. The monoisotopic (exact) mass is 260 g/mol. The van der Waals surface area contributed by atoms with Crippen molar-refractivity contribution in [2.45, 2.75) is 6.92 Å². The molecule has 1 heterocycles. The Balaban J connectivity index is 2.25. The summed E-state index contributed by atoms with van der Waals surface area (Å²) in [5.41, 5.74) is 6.47. The van der Waals surface area contributed by atoms with Crippen molar-refractivity contribution < 1.29 is 14.1 Å². The average Bonchev–Trinajstić information content (AvgIpc) is 2.81. The number of hydrogen-bond acceptors (Lipinski definition) is 5. The Hall–Kier alpha value is -2.83.